The fourth-order valence-corrected chi connectivity index (χ4v) is 4.30. The molecule has 0 aromatic heterocycles. The Morgan fingerprint density at radius 3 is 2.19 bits per heavy atom. The fraction of sp³-hybridized carbons (Fsp3) is 0.227. The Labute approximate surface area is 206 Å². The third kappa shape index (κ3) is 7.52. The molecule has 27 heavy (non-hydrogen) atoms. The molecule has 1 saturated carbocycles. The SMILES string of the molecule is Brc1c[c-]c2c(c1)-c1cc(Br)ccc1C2.[C-]1=CC=CC1.[Cl-].[Cl-].[Zr+2]=[C]1CCC1. The Kier molecular flexibility index (Phi) is 11.9. The van der Waals surface area contributed by atoms with Crippen molar-refractivity contribution < 1.29 is 49.0 Å². The molecule has 0 bridgehead atoms. The second-order valence-corrected chi connectivity index (χ2v) is 9.72. The van der Waals surface area contributed by atoms with Crippen LogP contribution in [0.25, 0.3) is 11.1 Å². The molecular formula is C22H18Br2Cl2Zr-2. The second-order valence-electron chi connectivity index (χ2n) is 6.15. The van der Waals surface area contributed by atoms with Crippen LogP contribution < -0.4 is 24.8 Å². The Balaban J connectivity index is 0.000000253. The van der Waals surface area contributed by atoms with Crippen molar-refractivity contribution in [3.8, 4) is 11.1 Å². The van der Waals surface area contributed by atoms with E-state index in [2.05, 4.69) is 74.3 Å². The van der Waals surface area contributed by atoms with Crippen LogP contribution in [0, 0.1) is 12.1 Å². The number of benzene rings is 2. The van der Waals surface area contributed by atoms with E-state index in [4.69, 9.17) is 0 Å². The van der Waals surface area contributed by atoms with E-state index in [-0.39, 0.29) is 24.8 Å². The van der Waals surface area contributed by atoms with Gasteiger partial charge in [-0.3, -0.25) is 6.08 Å². The Morgan fingerprint density at radius 1 is 0.963 bits per heavy atom. The molecule has 140 valence electrons. The van der Waals surface area contributed by atoms with E-state index in [1.54, 1.807) is 27.4 Å². The van der Waals surface area contributed by atoms with Gasteiger partial charge in [-0.2, -0.15) is 29.8 Å². The monoisotopic (exact) mass is 600 g/mol. The Hall–Kier alpha value is 0.213. The number of rotatable bonds is 0. The molecule has 0 spiro atoms. The van der Waals surface area contributed by atoms with Gasteiger partial charge in [0, 0.05) is 4.47 Å². The van der Waals surface area contributed by atoms with Gasteiger partial charge in [0.15, 0.2) is 0 Å². The van der Waals surface area contributed by atoms with Crippen LogP contribution in [0.5, 0.6) is 0 Å². The van der Waals surface area contributed by atoms with Crippen LogP contribution in [0.4, 0.5) is 0 Å². The number of hydrogen-bond acceptors (Lipinski definition) is 0. The van der Waals surface area contributed by atoms with E-state index in [1.165, 1.54) is 41.5 Å². The van der Waals surface area contributed by atoms with Crippen LogP contribution in [0.1, 0.15) is 36.8 Å². The summed E-state index contributed by atoms with van der Waals surface area (Å²) in [6.45, 7) is 0. The van der Waals surface area contributed by atoms with Gasteiger partial charge in [0.2, 0.25) is 0 Å². The molecule has 0 unspecified atom stereocenters. The van der Waals surface area contributed by atoms with Gasteiger partial charge in [0.1, 0.15) is 0 Å². The van der Waals surface area contributed by atoms with Crippen molar-refractivity contribution >= 4 is 35.1 Å². The number of hydrogen-bond donors (Lipinski definition) is 0. The zero-order chi connectivity index (χ0) is 17.6. The first-order valence-electron chi connectivity index (χ1n) is 8.40. The molecule has 2 aromatic carbocycles. The molecule has 0 aliphatic heterocycles. The molecule has 0 N–H and O–H groups in total. The predicted octanol–water partition coefficient (Wildman–Crippen LogP) is 0.786. The normalized spacial score (nSPS) is 14.3. The van der Waals surface area contributed by atoms with Gasteiger partial charge in [0.05, 0.1) is 0 Å². The quantitative estimate of drug-likeness (QED) is 0.334. The first kappa shape index (κ1) is 25.2. The molecule has 3 aliphatic carbocycles. The molecule has 2 aromatic rings. The first-order chi connectivity index (χ1) is 12.1. The molecule has 5 rings (SSSR count). The second kappa shape index (κ2) is 12.7. The molecule has 0 nitrogen and oxygen atoms in total. The summed E-state index contributed by atoms with van der Waals surface area (Å²) >= 11 is 8.68. The molecule has 0 amide bonds. The van der Waals surface area contributed by atoms with Crippen LogP contribution >= 0.6 is 31.9 Å². The molecule has 0 radical (unpaired) electrons. The van der Waals surface area contributed by atoms with Crippen LogP contribution in [0.3, 0.4) is 0 Å². The van der Waals surface area contributed by atoms with E-state index >= 15 is 0 Å². The van der Waals surface area contributed by atoms with Crippen molar-refractivity contribution in [2.45, 2.75) is 32.1 Å². The minimum absolute atomic E-state index is 0. The van der Waals surface area contributed by atoms with Gasteiger partial charge < -0.3 is 24.8 Å². The summed E-state index contributed by atoms with van der Waals surface area (Å²) in [7, 11) is 0. The summed E-state index contributed by atoms with van der Waals surface area (Å²) in [5, 5.41) is 0. The summed E-state index contributed by atoms with van der Waals surface area (Å²) in [5.74, 6) is 0. The number of halogens is 4. The van der Waals surface area contributed by atoms with Crippen molar-refractivity contribution in [1.29, 1.82) is 0 Å². The van der Waals surface area contributed by atoms with Gasteiger partial charge in [0.25, 0.3) is 0 Å². The van der Waals surface area contributed by atoms with E-state index in [9.17, 15) is 0 Å². The third-order valence-corrected chi connectivity index (χ3v) is 6.44. The zero-order valence-corrected chi connectivity index (χ0v) is 21.8. The maximum absolute atomic E-state index is 3.51. The van der Waals surface area contributed by atoms with Crippen molar-refractivity contribution in [3.05, 3.63) is 80.8 Å². The average molecular weight is 604 g/mol. The Morgan fingerprint density at radius 2 is 1.67 bits per heavy atom. The van der Waals surface area contributed by atoms with E-state index < -0.39 is 0 Å². The Bertz CT molecular complexity index is 779. The maximum atomic E-state index is 3.51. The summed E-state index contributed by atoms with van der Waals surface area (Å²) in [5.41, 5.74) is 5.33. The topological polar surface area (TPSA) is 0 Å². The van der Waals surface area contributed by atoms with Gasteiger partial charge >= 0.3 is 46.7 Å². The minimum atomic E-state index is 0. The predicted molar refractivity (Wildman–Crippen MR) is 109 cm³/mol. The molecule has 0 atom stereocenters. The van der Waals surface area contributed by atoms with Gasteiger partial charge in [-0.25, -0.2) is 12.2 Å². The molecule has 3 aliphatic rings. The summed E-state index contributed by atoms with van der Waals surface area (Å²) in [6, 6.07) is 13.9. The molecule has 1 fully saturated rings. The molecule has 0 heterocycles. The van der Waals surface area contributed by atoms with Crippen LogP contribution in [0.15, 0.2) is 57.5 Å². The van der Waals surface area contributed by atoms with E-state index in [0.717, 1.165) is 21.8 Å². The molecular weight excluding hydrogens is 586 g/mol. The third-order valence-electron chi connectivity index (χ3n) is 4.26. The van der Waals surface area contributed by atoms with Gasteiger partial charge in [-0.05, 0) is 18.1 Å². The zero-order valence-electron chi connectivity index (χ0n) is 14.7. The molecule has 0 saturated heterocycles. The van der Waals surface area contributed by atoms with Crippen LogP contribution in [0.2, 0.25) is 0 Å². The average Bonchev–Trinajstić information content (AvgIpc) is 3.25. The first-order valence-corrected chi connectivity index (χ1v) is 11.2. The fourth-order valence-electron chi connectivity index (χ4n) is 2.72. The summed E-state index contributed by atoms with van der Waals surface area (Å²) < 4.78 is 4.00. The van der Waals surface area contributed by atoms with E-state index in [1.807, 2.05) is 18.2 Å². The number of fused-ring (bicyclic) bond motifs is 3. The summed E-state index contributed by atoms with van der Waals surface area (Å²) in [6.07, 6.45) is 15.4. The number of allylic oxidation sites excluding steroid dienone is 4. The van der Waals surface area contributed by atoms with Crippen LogP contribution in [-0.4, -0.2) is 3.21 Å². The van der Waals surface area contributed by atoms with E-state index in [0.29, 0.717) is 0 Å². The van der Waals surface area contributed by atoms with Crippen molar-refractivity contribution in [3.63, 3.8) is 0 Å². The van der Waals surface area contributed by atoms with Gasteiger partial charge in [-0.1, -0.05) is 38.1 Å². The van der Waals surface area contributed by atoms with Crippen molar-refractivity contribution in [1.82, 2.24) is 0 Å². The standard InChI is InChI=1S/C13H7Br2.C5H5.C4H6.2ClH.Zr/c14-10-3-1-8-5-9-2-4-11(15)7-13(9)12(8)6-10;1-2-4-5-3-1;1-2-4-3-1;;;/h1,3-4,6-7H,5H2;1-3H,4H2;1-3H2;2*1H;/q2*-1;;;;+2/p-2. The van der Waals surface area contributed by atoms with Crippen molar-refractivity contribution in [2.24, 2.45) is 0 Å². The summed E-state index contributed by atoms with van der Waals surface area (Å²) in [4.78, 5) is 0. The molecule has 5 heteroatoms. The van der Waals surface area contributed by atoms with Crippen molar-refractivity contribution in [2.75, 3.05) is 0 Å². The van der Waals surface area contributed by atoms with Crippen LogP contribution in [-0.2, 0) is 30.7 Å². The van der Waals surface area contributed by atoms with Gasteiger partial charge in [-0.15, -0.1) is 27.9 Å².